The number of rotatable bonds is 7. The van der Waals surface area contributed by atoms with Gasteiger partial charge in [0, 0.05) is 10.6 Å². The number of carbonyl (C=O) groups is 2. The number of hydrogen-bond donors (Lipinski definition) is 1. The van der Waals surface area contributed by atoms with Crippen LogP contribution in [0.2, 0.25) is 10.0 Å². The Labute approximate surface area is 201 Å². The molecule has 0 heterocycles. The van der Waals surface area contributed by atoms with E-state index in [1.807, 2.05) is 42.5 Å². The third kappa shape index (κ3) is 6.92. The van der Waals surface area contributed by atoms with Gasteiger partial charge in [-0.2, -0.15) is 0 Å². The Morgan fingerprint density at radius 2 is 1.71 bits per heavy atom. The summed E-state index contributed by atoms with van der Waals surface area (Å²) in [6.07, 6.45) is 3.70. The summed E-state index contributed by atoms with van der Waals surface area (Å²) in [6, 6.07) is 18.4. The van der Waals surface area contributed by atoms with Crippen LogP contribution in [0.1, 0.15) is 26.3 Å². The van der Waals surface area contributed by atoms with Crippen LogP contribution in [0.4, 0.5) is 5.69 Å². The van der Waals surface area contributed by atoms with Gasteiger partial charge in [-0.15, -0.1) is 0 Å². The minimum absolute atomic E-state index is 0. The van der Waals surface area contributed by atoms with Crippen molar-refractivity contribution in [2.24, 2.45) is 0 Å². The first kappa shape index (κ1) is 24.6. The molecule has 1 amide bonds. The van der Waals surface area contributed by atoms with Gasteiger partial charge in [0.1, 0.15) is 12.4 Å². The van der Waals surface area contributed by atoms with E-state index in [-0.39, 0.29) is 47.3 Å². The number of ether oxygens (including phenoxy) is 1. The molecule has 0 aliphatic carbocycles. The number of carboxylic acid groups (broad SMARTS) is 1. The first-order valence-corrected chi connectivity index (χ1v) is 9.66. The second kappa shape index (κ2) is 11.6. The van der Waals surface area contributed by atoms with E-state index in [2.05, 4.69) is 5.32 Å². The van der Waals surface area contributed by atoms with Crippen molar-refractivity contribution in [2.45, 2.75) is 0 Å². The molecule has 0 atom stereocenters. The molecule has 0 aliphatic heterocycles. The Morgan fingerprint density at radius 1 is 0.968 bits per heavy atom. The third-order valence-corrected chi connectivity index (χ3v) is 4.64. The molecule has 0 radical (unpaired) electrons. The van der Waals surface area contributed by atoms with Crippen molar-refractivity contribution in [3.8, 4) is 5.75 Å². The van der Waals surface area contributed by atoms with Crippen LogP contribution < -0.4 is 34.0 Å². The molecule has 0 saturated heterocycles. The minimum Gasteiger partial charge on any atom is -0.545 e. The summed E-state index contributed by atoms with van der Waals surface area (Å²) in [7, 11) is 0. The maximum Gasteiger partial charge on any atom is 1.00 e. The molecule has 3 aromatic rings. The predicted molar refractivity (Wildman–Crippen MR) is 116 cm³/mol. The van der Waals surface area contributed by atoms with Crippen molar-refractivity contribution in [1.29, 1.82) is 0 Å². The first-order valence-electron chi connectivity index (χ1n) is 8.90. The summed E-state index contributed by atoms with van der Waals surface area (Å²) in [6.45, 7) is 0.244. The van der Waals surface area contributed by atoms with E-state index in [4.69, 9.17) is 27.9 Å². The van der Waals surface area contributed by atoms with Crippen molar-refractivity contribution < 1.29 is 38.3 Å². The molecule has 0 aliphatic rings. The number of amides is 1. The molecule has 0 bridgehead atoms. The molecule has 0 saturated carbocycles. The van der Waals surface area contributed by atoms with Gasteiger partial charge in [0.2, 0.25) is 0 Å². The molecule has 5 nitrogen and oxygen atoms in total. The largest absolute Gasteiger partial charge is 1.00 e. The van der Waals surface area contributed by atoms with E-state index in [0.717, 1.165) is 5.56 Å². The van der Waals surface area contributed by atoms with Gasteiger partial charge >= 0.3 is 18.9 Å². The number of carbonyl (C=O) groups excluding carboxylic acids is 2. The topological polar surface area (TPSA) is 78.5 Å². The molecule has 8 heteroatoms. The van der Waals surface area contributed by atoms with Crippen molar-refractivity contribution in [3.63, 3.8) is 0 Å². The van der Waals surface area contributed by atoms with Gasteiger partial charge < -0.3 is 20.0 Å². The fourth-order valence-electron chi connectivity index (χ4n) is 2.65. The van der Waals surface area contributed by atoms with Crippen LogP contribution in [0.15, 0.2) is 72.8 Å². The molecule has 31 heavy (non-hydrogen) atoms. The maximum absolute atomic E-state index is 12.5. The molecule has 1 N–H and O–H groups in total. The van der Waals surface area contributed by atoms with Gasteiger partial charge in [0.15, 0.2) is 0 Å². The molecule has 0 aromatic heterocycles. The SMILES string of the molecule is O=C(Nc1ccc(OCC=Cc2ccccc2)cc1C(=O)[O-])c1ccc(Cl)cc1Cl.[Li+]. The second-order valence-electron chi connectivity index (χ2n) is 6.20. The quantitative estimate of drug-likeness (QED) is 0.559. The molecular weight excluding hydrogens is 432 g/mol. The number of aromatic carboxylic acids is 1. The average Bonchev–Trinajstić information content (AvgIpc) is 2.72. The number of nitrogens with one attached hydrogen (secondary N) is 1. The Hall–Kier alpha value is -2.68. The van der Waals surface area contributed by atoms with Gasteiger partial charge in [-0.05, 0) is 48.0 Å². The van der Waals surface area contributed by atoms with Gasteiger partial charge in [0.25, 0.3) is 5.91 Å². The Balaban J connectivity index is 0.00000341. The van der Waals surface area contributed by atoms with Crippen molar-refractivity contribution in [2.75, 3.05) is 11.9 Å². The zero-order valence-electron chi connectivity index (χ0n) is 16.6. The summed E-state index contributed by atoms with van der Waals surface area (Å²) >= 11 is 11.9. The Morgan fingerprint density at radius 3 is 2.39 bits per heavy atom. The van der Waals surface area contributed by atoms with Crippen LogP contribution in [-0.4, -0.2) is 18.5 Å². The van der Waals surface area contributed by atoms with Gasteiger partial charge in [-0.25, -0.2) is 0 Å². The number of anilines is 1. The maximum atomic E-state index is 12.5. The fraction of sp³-hybridized carbons (Fsp3) is 0.0435. The summed E-state index contributed by atoms with van der Waals surface area (Å²) in [5.74, 6) is -1.69. The number of hydrogen-bond acceptors (Lipinski definition) is 4. The van der Waals surface area contributed by atoms with Crippen LogP contribution in [0, 0.1) is 0 Å². The van der Waals surface area contributed by atoms with Crippen molar-refractivity contribution >= 4 is 46.8 Å². The standard InChI is InChI=1S/C23H17Cl2NO4.Li/c24-16-8-10-18(20(25)13-16)22(27)26-21-11-9-17(14-19(21)23(28)29)30-12-4-7-15-5-2-1-3-6-15;/h1-11,13-14H,12H2,(H,26,27)(H,28,29);/q;+1/p-1. The zero-order chi connectivity index (χ0) is 21.5. The molecule has 0 unspecified atom stereocenters. The molecule has 3 rings (SSSR count). The van der Waals surface area contributed by atoms with Crippen LogP contribution in [-0.2, 0) is 0 Å². The average molecular weight is 448 g/mol. The molecular formula is C23H16Cl2LiNO4. The first-order chi connectivity index (χ1) is 14.4. The monoisotopic (exact) mass is 447 g/mol. The summed E-state index contributed by atoms with van der Waals surface area (Å²) in [4.78, 5) is 24.0. The van der Waals surface area contributed by atoms with Gasteiger partial charge in [-0.1, -0.05) is 59.6 Å². The number of carboxylic acids is 1. The summed E-state index contributed by atoms with van der Waals surface area (Å²) in [5, 5.41) is 14.6. The van der Waals surface area contributed by atoms with Gasteiger partial charge in [0.05, 0.1) is 22.2 Å². The van der Waals surface area contributed by atoms with Crippen LogP contribution >= 0.6 is 23.2 Å². The molecule has 0 fully saturated rings. The number of benzene rings is 3. The Kier molecular flexibility index (Phi) is 9.23. The molecule has 152 valence electrons. The van der Waals surface area contributed by atoms with Crippen molar-refractivity contribution in [3.05, 3.63) is 99.5 Å². The summed E-state index contributed by atoms with van der Waals surface area (Å²) in [5.41, 5.74) is 1.04. The smallest absolute Gasteiger partial charge is 0.545 e. The van der Waals surface area contributed by atoms with Crippen molar-refractivity contribution in [1.82, 2.24) is 0 Å². The van der Waals surface area contributed by atoms with Crippen LogP contribution in [0.3, 0.4) is 0 Å². The van der Waals surface area contributed by atoms with E-state index >= 15 is 0 Å². The van der Waals surface area contributed by atoms with Crippen LogP contribution in [0.5, 0.6) is 5.75 Å². The predicted octanol–water partition coefficient (Wildman–Crippen LogP) is 1.71. The Bertz CT molecular complexity index is 1100. The molecule has 3 aromatic carbocycles. The third-order valence-electron chi connectivity index (χ3n) is 4.09. The van der Waals surface area contributed by atoms with Gasteiger partial charge in [-0.3, -0.25) is 4.79 Å². The zero-order valence-corrected chi connectivity index (χ0v) is 18.1. The second-order valence-corrected chi connectivity index (χ2v) is 7.04. The van der Waals surface area contributed by atoms with E-state index in [1.54, 1.807) is 6.07 Å². The fourth-order valence-corrected chi connectivity index (χ4v) is 3.14. The van der Waals surface area contributed by atoms with E-state index in [0.29, 0.717) is 10.8 Å². The molecule has 0 spiro atoms. The summed E-state index contributed by atoms with van der Waals surface area (Å²) < 4.78 is 5.57. The van der Waals surface area contributed by atoms with Crippen LogP contribution in [0.25, 0.3) is 6.08 Å². The minimum atomic E-state index is -1.45. The van der Waals surface area contributed by atoms with E-state index in [9.17, 15) is 14.7 Å². The number of halogens is 2. The van der Waals surface area contributed by atoms with E-state index in [1.165, 1.54) is 30.3 Å². The normalized spacial score (nSPS) is 10.4. The van der Waals surface area contributed by atoms with E-state index < -0.39 is 11.9 Å².